The number of rotatable bonds is 7. The van der Waals surface area contributed by atoms with Crippen LogP contribution in [0.25, 0.3) is 0 Å². The highest BCUT2D eigenvalue weighted by Crippen LogP contribution is 2.29. The van der Waals surface area contributed by atoms with Crippen molar-refractivity contribution in [2.24, 2.45) is 5.92 Å². The predicted octanol–water partition coefficient (Wildman–Crippen LogP) is 3.23. The van der Waals surface area contributed by atoms with E-state index in [0.717, 1.165) is 22.9 Å². The molecule has 6 heteroatoms. The third-order valence-electron chi connectivity index (χ3n) is 3.82. The second kappa shape index (κ2) is 7.22. The molecule has 1 unspecified atom stereocenters. The van der Waals surface area contributed by atoms with Crippen LogP contribution in [0.2, 0.25) is 0 Å². The van der Waals surface area contributed by atoms with Crippen molar-refractivity contribution in [3.8, 4) is 0 Å². The summed E-state index contributed by atoms with van der Waals surface area (Å²) in [6.07, 6.45) is 2.55. The normalized spacial score (nSPS) is 15.4. The van der Waals surface area contributed by atoms with Crippen LogP contribution in [0.1, 0.15) is 31.7 Å². The first kappa shape index (κ1) is 16.9. The SMILES string of the molecule is CC(CN(C(=O)CCc1cc(F)ccc1Br)C1CC1)C(=O)O. The van der Waals surface area contributed by atoms with E-state index in [1.165, 1.54) is 12.1 Å². The zero-order valence-corrected chi connectivity index (χ0v) is 14.0. The third kappa shape index (κ3) is 4.53. The Kier molecular flexibility index (Phi) is 5.56. The first-order chi connectivity index (χ1) is 10.4. The molecule has 120 valence electrons. The highest BCUT2D eigenvalue weighted by atomic mass is 79.9. The van der Waals surface area contributed by atoms with E-state index in [4.69, 9.17) is 5.11 Å². The molecule has 1 saturated carbocycles. The van der Waals surface area contributed by atoms with Crippen LogP contribution in [0, 0.1) is 11.7 Å². The summed E-state index contributed by atoms with van der Waals surface area (Å²) in [6, 6.07) is 4.57. The summed E-state index contributed by atoms with van der Waals surface area (Å²) in [6.45, 7) is 1.84. The maximum atomic E-state index is 13.2. The lowest BCUT2D eigenvalue weighted by Crippen LogP contribution is -2.38. The summed E-state index contributed by atoms with van der Waals surface area (Å²) in [4.78, 5) is 25.0. The fourth-order valence-electron chi connectivity index (χ4n) is 2.33. The van der Waals surface area contributed by atoms with Gasteiger partial charge in [-0.2, -0.15) is 0 Å². The number of hydrogen-bond donors (Lipinski definition) is 1. The van der Waals surface area contributed by atoms with Crippen LogP contribution in [0.15, 0.2) is 22.7 Å². The zero-order valence-electron chi connectivity index (χ0n) is 12.4. The Morgan fingerprint density at radius 1 is 1.45 bits per heavy atom. The van der Waals surface area contributed by atoms with Gasteiger partial charge in [0.25, 0.3) is 0 Å². The molecule has 22 heavy (non-hydrogen) atoms. The second-order valence-corrected chi connectivity index (χ2v) is 6.61. The molecular weight excluding hydrogens is 353 g/mol. The molecule has 0 spiro atoms. The number of hydrogen-bond acceptors (Lipinski definition) is 2. The lowest BCUT2D eigenvalue weighted by molar-refractivity contribution is -0.143. The minimum Gasteiger partial charge on any atom is -0.481 e. The molecule has 0 aliphatic heterocycles. The summed E-state index contributed by atoms with van der Waals surface area (Å²) in [5, 5.41) is 9.00. The minimum absolute atomic E-state index is 0.0632. The fourth-order valence-corrected chi connectivity index (χ4v) is 2.78. The first-order valence-electron chi connectivity index (χ1n) is 7.34. The first-order valence-corrected chi connectivity index (χ1v) is 8.14. The molecule has 0 aromatic heterocycles. The molecule has 1 atom stereocenters. The van der Waals surface area contributed by atoms with Gasteiger partial charge < -0.3 is 10.0 Å². The molecule has 0 radical (unpaired) electrons. The third-order valence-corrected chi connectivity index (χ3v) is 4.59. The smallest absolute Gasteiger partial charge is 0.308 e. The van der Waals surface area contributed by atoms with E-state index in [-0.39, 0.29) is 30.7 Å². The number of benzene rings is 1. The quantitative estimate of drug-likeness (QED) is 0.800. The van der Waals surface area contributed by atoms with E-state index in [2.05, 4.69) is 15.9 Å². The number of nitrogens with zero attached hydrogens (tertiary/aromatic N) is 1. The summed E-state index contributed by atoms with van der Waals surface area (Å²) in [7, 11) is 0. The second-order valence-electron chi connectivity index (χ2n) is 5.75. The van der Waals surface area contributed by atoms with E-state index in [0.29, 0.717) is 6.42 Å². The zero-order chi connectivity index (χ0) is 16.3. The molecule has 1 fully saturated rings. The van der Waals surface area contributed by atoms with Crippen LogP contribution in [-0.2, 0) is 16.0 Å². The topological polar surface area (TPSA) is 57.6 Å². The van der Waals surface area contributed by atoms with Gasteiger partial charge in [-0.05, 0) is 43.0 Å². The van der Waals surface area contributed by atoms with Gasteiger partial charge >= 0.3 is 5.97 Å². The van der Waals surface area contributed by atoms with Gasteiger partial charge in [-0.25, -0.2) is 4.39 Å². The van der Waals surface area contributed by atoms with Crippen molar-refractivity contribution in [3.05, 3.63) is 34.1 Å². The summed E-state index contributed by atoms with van der Waals surface area (Å²) >= 11 is 3.35. The number of carboxylic acid groups (broad SMARTS) is 1. The van der Waals surface area contributed by atoms with Crippen molar-refractivity contribution >= 4 is 27.8 Å². The summed E-state index contributed by atoms with van der Waals surface area (Å²) in [5.74, 6) is -1.87. The largest absolute Gasteiger partial charge is 0.481 e. The van der Waals surface area contributed by atoms with Crippen molar-refractivity contribution in [2.45, 2.75) is 38.6 Å². The van der Waals surface area contributed by atoms with Crippen LogP contribution in [0.3, 0.4) is 0 Å². The van der Waals surface area contributed by atoms with Gasteiger partial charge in [0.05, 0.1) is 5.92 Å². The molecule has 1 aliphatic rings. The van der Waals surface area contributed by atoms with Gasteiger partial charge in [-0.1, -0.05) is 22.9 Å². The Hall–Kier alpha value is -1.43. The van der Waals surface area contributed by atoms with Gasteiger partial charge in [0.15, 0.2) is 0 Å². The predicted molar refractivity (Wildman–Crippen MR) is 84.0 cm³/mol. The Bertz CT molecular complexity index is 575. The standard InChI is InChI=1S/C16H19BrFNO3/c1-10(16(21)22)9-19(13-4-5-13)15(20)7-2-11-8-12(18)3-6-14(11)17/h3,6,8,10,13H,2,4-5,7,9H2,1H3,(H,21,22). The van der Waals surface area contributed by atoms with Crippen molar-refractivity contribution in [1.82, 2.24) is 4.90 Å². The molecule has 1 amide bonds. The van der Waals surface area contributed by atoms with Gasteiger partial charge in [-0.3, -0.25) is 9.59 Å². The average molecular weight is 372 g/mol. The van der Waals surface area contributed by atoms with E-state index in [1.807, 2.05) is 0 Å². The van der Waals surface area contributed by atoms with Gasteiger partial charge in [0.2, 0.25) is 5.91 Å². The molecule has 1 aromatic carbocycles. The number of aryl methyl sites for hydroxylation is 1. The number of halogens is 2. The molecule has 0 bridgehead atoms. The minimum atomic E-state index is -0.897. The molecule has 1 aliphatic carbocycles. The van der Waals surface area contributed by atoms with Gasteiger partial charge in [0.1, 0.15) is 5.82 Å². The Labute approximate surface area is 137 Å². The molecule has 1 N–H and O–H groups in total. The lowest BCUT2D eigenvalue weighted by atomic mass is 10.1. The van der Waals surface area contributed by atoms with Crippen molar-refractivity contribution < 1.29 is 19.1 Å². The Balaban J connectivity index is 1.96. The van der Waals surface area contributed by atoms with Crippen LogP contribution in [-0.4, -0.2) is 34.5 Å². The van der Waals surface area contributed by atoms with Crippen molar-refractivity contribution in [3.63, 3.8) is 0 Å². The van der Waals surface area contributed by atoms with Gasteiger partial charge in [-0.15, -0.1) is 0 Å². The maximum Gasteiger partial charge on any atom is 0.308 e. The molecular formula is C16H19BrFNO3. The van der Waals surface area contributed by atoms with Crippen LogP contribution in [0.5, 0.6) is 0 Å². The molecule has 0 saturated heterocycles. The highest BCUT2D eigenvalue weighted by molar-refractivity contribution is 9.10. The Morgan fingerprint density at radius 3 is 2.73 bits per heavy atom. The summed E-state index contributed by atoms with van der Waals surface area (Å²) < 4.78 is 14.0. The monoisotopic (exact) mass is 371 g/mol. The maximum absolute atomic E-state index is 13.2. The molecule has 1 aromatic rings. The number of carbonyl (C=O) groups excluding carboxylic acids is 1. The number of aliphatic carboxylic acids is 1. The van der Waals surface area contributed by atoms with Crippen LogP contribution in [0.4, 0.5) is 4.39 Å². The average Bonchev–Trinajstić information content (AvgIpc) is 3.29. The van der Waals surface area contributed by atoms with E-state index < -0.39 is 11.9 Å². The highest BCUT2D eigenvalue weighted by Gasteiger charge is 2.34. The van der Waals surface area contributed by atoms with Crippen LogP contribution >= 0.6 is 15.9 Å². The molecule has 2 rings (SSSR count). The fraction of sp³-hybridized carbons (Fsp3) is 0.500. The van der Waals surface area contributed by atoms with Gasteiger partial charge in [0, 0.05) is 23.5 Å². The summed E-state index contributed by atoms with van der Waals surface area (Å²) in [5.41, 5.74) is 0.746. The number of carbonyl (C=O) groups is 2. The van der Waals surface area contributed by atoms with E-state index >= 15 is 0 Å². The van der Waals surface area contributed by atoms with Crippen molar-refractivity contribution in [2.75, 3.05) is 6.54 Å². The number of carboxylic acids is 1. The lowest BCUT2D eigenvalue weighted by Gasteiger charge is -2.24. The van der Waals surface area contributed by atoms with Crippen LogP contribution < -0.4 is 0 Å². The number of amides is 1. The molecule has 4 nitrogen and oxygen atoms in total. The molecule has 0 heterocycles. The van der Waals surface area contributed by atoms with E-state index in [1.54, 1.807) is 17.9 Å². The van der Waals surface area contributed by atoms with Crippen molar-refractivity contribution in [1.29, 1.82) is 0 Å². The van der Waals surface area contributed by atoms with E-state index in [9.17, 15) is 14.0 Å². The Morgan fingerprint density at radius 2 is 2.14 bits per heavy atom.